The van der Waals surface area contributed by atoms with E-state index in [1.807, 2.05) is 6.92 Å². The van der Waals surface area contributed by atoms with E-state index in [0.29, 0.717) is 23.3 Å². The number of benzene rings is 1. The Labute approximate surface area is 83.3 Å². The molecule has 0 aliphatic heterocycles. The van der Waals surface area contributed by atoms with Crippen molar-refractivity contribution in [2.24, 2.45) is 0 Å². The summed E-state index contributed by atoms with van der Waals surface area (Å²) in [6, 6.07) is 2.97. The summed E-state index contributed by atoms with van der Waals surface area (Å²) in [5.74, 6) is 0.114. The zero-order valence-corrected chi connectivity index (χ0v) is 8.67. The summed E-state index contributed by atoms with van der Waals surface area (Å²) in [6.07, 6.45) is -0.0360. The standard InChI is InChI=1S/C11H15FO2/c1-4-8-5-9(7(2)13)11(14-3)6-10(8)12/h5-7,13H,4H2,1-3H3. The molecule has 0 aromatic heterocycles. The number of halogens is 1. The van der Waals surface area contributed by atoms with E-state index in [1.54, 1.807) is 13.0 Å². The van der Waals surface area contributed by atoms with Crippen molar-refractivity contribution in [1.82, 2.24) is 0 Å². The second-order valence-electron chi connectivity index (χ2n) is 3.22. The van der Waals surface area contributed by atoms with E-state index in [1.165, 1.54) is 13.2 Å². The van der Waals surface area contributed by atoms with Crippen LogP contribution in [0.15, 0.2) is 12.1 Å². The summed E-state index contributed by atoms with van der Waals surface area (Å²) in [4.78, 5) is 0. The first-order valence-electron chi connectivity index (χ1n) is 4.64. The van der Waals surface area contributed by atoms with Crippen molar-refractivity contribution in [3.8, 4) is 5.75 Å². The molecule has 1 aromatic rings. The van der Waals surface area contributed by atoms with E-state index >= 15 is 0 Å². The van der Waals surface area contributed by atoms with Gasteiger partial charge in [0.05, 0.1) is 13.2 Å². The Morgan fingerprint density at radius 1 is 1.50 bits per heavy atom. The van der Waals surface area contributed by atoms with Crippen molar-refractivity contribution in [2.75, 3.05) is 7.11 Å². The molecule has 2 nitrogen and oxygen atoms in total. The Bertz CT molecular complexity index is 321. The summed E-state index contributed by atoms with van der Waals surface area (Å²) >= 11 is 0. The van der Waals surface area contributed by atoms with Crippen LogP contribution in [0.5, 0.6) is 5.75 Å². The van der Waals surface area contributed by atoms with Crippen molar-refractivity contribution >= 4 is 0 Å². The molecule has 1 unspecified atom stereocenters. The van der Waals surface area contributed by atoms with Gasteiger partial charge in [0.15, 0.2) is 0 Å². The number of hydrogen-bond acceptors (Lipinski definition) is 2. The first-order chi connectivity index (χ1) is 6.60. The van der Waals surface area contributed by atoms with Gasteiger partial charge in [-0.25, -0.2) is 4.39 Å². The molecule has 1 N–H and O–H groups in total. The third-order valence-electron chi connectivity index (χ3n) is 2.23. The van der Waals surface area contributed by atoms with Gasteiger partial charge in [-0.15, -0.1) is 0 Å². The van der Waals surface area contributed by atoms with Crippen LogP contribution in [-0.4, -0.2) is 12.2 Å². The maximum absolute atomic E-state index is 13.3. The zero-order chi connectivity index (χ0) is 10.7. The highest BCUT2D eigenvalue weighted by atomic mass is 19.1. The molecule has 0 fully saturated rings. The first kappa shape index (κ1) is 11.0. The number of methoxy groups -OCH3 is 1. The molecular weight excluding hydrogens is 183 g/mol. The summed E-state index contributed by atoms with van der Waals surface area (Å²) in [7, 11) is 1.46. The average molecular weight is 198 g/mol. The number of hydrogen-bond donors (Lipinski definition) is 1. The highest BCUT2D eigenvalue weighted by molar-refractivity contribution is 5.39. The normalized spacial score (nSPS) is 12.6. The Balaban J connectivity index is 3.25. The lowest BCUT2D eigenvalue weighted by Crippen LogP contribution is -2.00. The number of aliphatic hydroxyl groups excluding tert-OH is 1. The highest BCUT2D eigenvalue weighted by Crippen LogP contribution is 2.28. The fourth-order valence-corrected chi connectivity index (χ4v) is 1.39. The molecule has 0 saturated carbocycles. The Morgan fingerprint density at radius 2 is 2.14 bits per heavy atom. The van der Waals surface area contributed by atoms with Crippen molar-refractivity contribution in [3.63, 3.8) is 0 Å². The van der Waals surface area contributed by atoms with E-state index in [2.05, 4.69) is 0 Å². The van der Waals surface area contributed by atoms with Gasteiger partial charge in [0.1, 0.15) is 11.6 Å². The molecule has 1 atom stereocenters. The van der Waals surface area contributed by atoms with E-state index < -0.39 is 6.10 Å². The molecule has 0 bridgehead atoms. The summed E-state index contributed by atoms with van der Waals surface area (Å²) < 4.78 is 18.3. The zero-order valence-electron chi connectivity index (χ0n) is 8.67. The van der Waals surface area contributed by atoms with Gasteiger partial charge in [0, 0.05) is 11.6 Å². The highest BCUT2D eigenvalue weighted by Gasteiger charge is 2.12. The van der Waals surface area contributed by atoms with E-state index in [9.17, 15) is 9.50 Å². The fraction of sp³-hybridized carbons (Fsp3) is 0.455. The molecule has 0 saturated heterocycles. The van der Waals surface area contributed by atoms with Gasteiger partial charge in [-0.2, -0.15) is 0 Å². The second kappa shape index (κ2) is 4.42. The number of rotatable bonds is 3. The molecule has 0 aliphatic carbocycles. The molecule has 0 heterocycles. The molecule has 0 spiro atoms. The van der Waals surface area contributed by atoms with Gasteiger partial charge < -0.3 is 9.84 Å². The van der Waals surface area contributed by atoms with Crippen LogP contribution >= 0.6 is 0 Å². The Hall–Kier alpha value is -1.09. The van der Waals surface area contributed by atoms with Crippen LogP contribution in [0.3, 0.4) is 0 Å². The Morgan fingerprint density at radius 3 is 2.57 bits per heavy atom. The minimum Gasteiger partial charge on any atom is -0.496 e. The average Bonchev–Trinajstić information content (AvgIpc) is 2.16. The van der Waals surface area contributed by atoms with Gasteiger partial charge >= 0.3 is 0 Å². The summed E-state index contributed by atoms with van der Waals surface area (Å²) in [5, 5.41) is 9.44. The monoisotopic (exact) mass is 198 g/mol. The quantitative estimate of drug-likeness (QED) is 0.808. The maximum Gasteiger partial charge on any atom is 0.130 e. The fourth-order valence-electron chi connectivity index (χ4n) is 1.39. The van der Waals surface area contributed by atoms with Gasteiger partial charge in [-0.1, -0.05) is 6.92 Å². The van der Waals surface area contributed by atoms with Crippen LogP contribution in [0.25, 0.3) is 0 Å². The molecule has 0 radical (unpaired) electrons. The predicted octanol–water partition coefficient (Wildman–Crippen LogP) is 2.45. The molecular formula is C11H15FO2. The van der Waals surface area contributed by atoms with Gasteiger partial charge in [0.2, 0.25) is 0 Å². The largest absolute Gasteiger partial charge is 0.496 e. The van der Waals surface area contributed by atoms with E-state index in [4.69, 9.17) is 4.74 Å². The van der Waals surface area contributed by atoms with Crippen LogP contribution in [0.1, 0.15) is 31.1 Å². The smallest absolute Gasteiger partial charge is 0.130 e. The second-order valence-corrected chi connectivity index (χ2v) is 3.22. The molecule has 1 aromatic carbocycles. The summed E-state index contributed by atoms with van der Waals surface area (Å²) in [5.41, 5.74) is 1.23. The Kier molecular flexibility index (Phi) is 3.47. The first-order valence-corrected chi connectivity index (χ1v) is 4.64. The molecule has 0 aliphatic rings. The van der Waals surface area contributed by atoms with Gasteiger partial charge in [0.25, 0.3) is 0 Å². The van der Waals surface area contributed by atoms with Crippen LogP contribution in [0.4, 0.5) is 4.39 Å². The van der Waals surface area contributed by atoms with Crippen molar-refractivity contribution in [1.29, 1.82) is 0 Å². The lowest BCUT2D eigenvalue weighted by molar-refractivity contribution is 0.194. The van der Waals surface area contributed by atoms with Crippen molar-refractivity contribution in [3.05, 3.63) is 29.1 Å². The number of aliphatic hydroxyl groups is 1. The molecule has 3 heteroatoms. The van der Waals surface area contributed by atoms with Crippen molar-refractivity contribution < 1.29 is 14.2 Å². The third kappa shape index (κ3) is 2.04. The minimum atomic E-state index is -0.643. The van der Waals surface area contributed by atoms with Crippen LogP contribution in [0.2, 0.25) is 0 Å². The molecule has 14 heavy (non-hydrogen) atoms. The van der Waals surface area contributed by atoms with E-state index in [0.717, 1.165) is 0 Å². The number of ether oxygens (including phenoxy) is 1. The summed E-state index contributed by atoms with van der Waals surface area (Å²) in [6.45, 7) is 3.51. The van der Waals surface area contributed by atoms with Crippen molar-refractivity contribution in [2.45, 2.75) is 26.4 Å². The van der Waals surface area contributed by atoms with E-state index in [-0.39, 0.29) is 5.82 Å². The predicted molar refractivity (Wildman–Crippen MR) is 53.0 cm³/mol. The van der Waals surface area contributed by atoms with Crippen LogP contribution in [-0.2, 0) is 6.42 Å². The van der Waals surface area contributed by atoms with Crippen LogP contribution in [0, 0.1) is 5.82 Å². The van der Waals surface area contributed by atoms with Gasteiger partial charge in [-0.05, 0) is 25.0 Å². The third-order valence-corrected chi connectivity index (χ3v) is 2.23. The maximum atomic E-state index is 13.3. The SMILES string of the molecule is CCc1cc(C(C)O)c(OC)cc1F. The molecule has 0 amide bonds. The number of aryl methyl sites for hydroxylation is 1. The van der Waals surface area contributed by atoms with Crippen LogP contribution < -0.4 is 4.74 Å². The van der Waals surface area contributed by atoms with Gasteiger partial charge in [-0.3, -0.25) is 0 Å². The lowest BCUT2D eigenvalue weighted by Gasteiger charge is -2.13. The molecule has 1 rings (SSSR count). The topological polar surface area (TPSA) is 29.5 Å². The minimum absolute atomic E-state index is 0.284. The lowest BCUT2D eigenvalue weighted by atomic mass is 10.0. The molecule has 78 valence electrons.